The highest BCUT2D eigenvalue weighted by Crippen LogP contribution is 2.30. The summed E-state index contributed by atoms with van der Waals surface area (Å²) in [5, 5.41) is 0. The Balaban J connectivity index is 1.94. The van der Waals surface area contributed by atoms with E-state index >= 15 is 0 Å². The number of hydrogen-bond acceptors (Lipinski definition) is 3. The number of nitrogens with zero attached hydrogens (tertiary/aromatic N) is 1. The van der Waals surface area contributed by atoms with Crippen molar-refractivity contribution in [3.05, 3.63) is 48.0 Å². The van der Waals surface area contributed by atoms with E-state index in [0.717, 1.165) is 22.4 Å². The van der Waals surface area contributed by atoms with E-state index in [0.29, 0.717) is 5.89 Å². The molecular formula is C20H23NO2. The Morgan fingerprint density at radius 3 is 2.30 bits per heavy atom. The molecule has 0 amide bonds. The van der Waals surface area contributed by atoms with Gasteiger partial charge in [-0.1, -0.05) is 26.8 Å². The molecule has 3 nitrogen and oxygen atoms in total. The molecule has 0 atom stereocenters. The van der Waals surface area contributed by atoms with Crippen LogP contribution in [0.5, 0.6) is 5.75 Å². The van der Waals surface area contributed by atoms with E-state index in [9.17, 15) is 0 Å². The van der Waals surface area contributed by atoms with Gasteiger partial charge in [-0.15, -0.1) is 0 Å². The Kier molecular flexibility index (Phi) is 3.88. The highest BCUT2D eigenvalue weighted by molar-refractivity contribution is 5.77. The summed E-state index contributed by atoms with van der Waals surface area (Å²) in [6.45, 7) is 10.6. The highest BCUT2D eigenvalue weighted by Gasteiger charge is 2.16. The molecule has 3 heteroatoms. The van der Waals surface area contributed by atoms with E-state index in [1.54, 1.807) is 0 Å². The maximum atomic E-state index is 5.89. The number of oxazole rings is 1. The van der Waals surface area contributed by atoms with Crippen molar-refractivity contribution in [1.82, 2.24) is 4.98 Å². The first-order valence-electron chi connectivity index (χ1n) is 8.01. The van der Waals surface area contributed by atoms with E-state index in [2.05, 4.69) is 37.9 Å². The molecule has 2 aromatic carbocycles. The predicted molar refractivity (Wildman–Crippen MR) is 93.9 cm³/mol. The number of hydrogen-bond donors (Lipinski definition) is 0. The van der Waals surface area contributed by atoms with E-state index < -0.39 is 0 Å². The lowest BCUT2D eigenvalue weighted by atomic mass is 9.87. The molecule has 0 saturated heterocycles. The van der Waals surface area contributed by atoms with E-state index in [1.807, 2.05) is 44.2 Å². The molecule has 0 radical (unpaired) electrons. The van der Waals surface area contributed by atoms with Gasteiger partial charge in [-0.3, -0.25) is 0 Å². The molecule has 0 aliphatic rings. The summed E-state index contributed by atoms with van der Waals surface area (Å²) in [6, 6.07) is 14.1. The number of aromatic nitrogens is 1. The van der Waals surface area contributed by atoms with Crippen LogP contribution in [0.2, 0.25) is 0 Å². The molecule has 1 aromatic heterocycles. The number of benzene rings is 2. The van der Waals surface area contributed by atoms with E-state index in [-0.39, 0.29) is 11.5 Å². The molecule has 0 aliphatic carbocycles. The first-order chi connectivity index (χ1) is 10.8. The summed E-state index contributed by atoms with van der Waals surface area (Å²) in [5.41, 5.74) is 4.02. The van der Waals surface area contributed by atoms with Crippen LogP contribution in [0, 0.1) is 0 Å². The smallest absolute Gasteiger partial charge is 0.227 e. The quantitative estimate of drug-likeness (QED) is 0.633. The molecular weight excluding hydrogens is 286 g/mol. The molecule has 0 fully saturated rings. The topological polar surface area (TPSA) is 35.3 Å². The minimum Gasteiger partial charge on any atom is -0.491 e. The lowest BCUT2D eigenvalue weighted by molar-refractivity contribution is 0.242. The molecule has 1 heterocycles. The molecule has 0 spiro atoms. The second kappa shape index (κ2) is 5.73. The van der Waals surface area contributed by atoms with Crippen LogP contribution in [0.25, 0.3) is 22.6 Å². The highest BCUT2D eigenvalue weighted by atomic mass is 16.5. The number of fused-ring (bicyclic) bond motifs is 1. The molecule has 3 aromatic rings. The lowest BCUT2D eigenvalue weighted by Gasteiger charge is -2.18. The normalized spacial score (nSPS) is 12.1. The Labute approximate surface area is 137 Å². The van der Waals surface area contributed by atoms with Gasteiger partial charge in [-0.25, -0.2) is 4.98 Å². The third-order valence-corrected chi connectivity index (χ3v) is 3.73. The fourth-order valence-corrected chi connectivity index (χ4v) is 2.47. The van der Waals surface area contributed by atoms with Gasteiger partial charge in [0.15, 0.2) is 5.58 Å². The maximum absolute atomic E-state index is 5.89. The summed E-state index contributed by atoms with van der Waals surface area (Å²) in [4.78, 5) is 4.64. The Bertz CT molecular complexity index is 808. The van der Waals surface area contributed by atoms with Gasteiger partial charge in [0.05, 0.1) is 6.10 Å². The van der Waals surface area contributed by atoms with E-state index in [4.69, 9.17) is 9.15 Å². The van der Waals surface area contributed by atoms with Crippen LogP contribution < -0.4 is 4.74 Å². The van der Waals surface area contributed by atoms with Crippen molar-refractivity contribution in [1.29, 1.82) is 0 Å². The van der Waals surface area contributed by atoms with Gasteiger partial charge < -0.3 is 9.15 Å². The fraction of sp³-hybridized carbons (Fsp3) is 0.350. The standard InChI is InChI=1S/C20H23NO2/c1-13(2)22-16-9-6-14(7-10-16)19-21-17-12-15(20(3,4)5)8-11-18(17)23-19/h6-13H,1-5H3. The van der Waals surface area contributed by atoms with Crippen molar-refractivity contribution in [3.8, 4) is 17.2 Å². The average molecular weight is 309 g/mol. The summed E-state index contributed by atoms with van der Waals surface area (Å²) >= 11 is 0. The zero-order valence-corrected chi connectivity index (χ0v) is 14.4. The largest absolute Gasteiger partial charge is 0.491 e. The molecule has 3 rings (SSSR count). The van der Waals surface area contributed by atoms with Crippen LogP contribution in [0.4, 0.5) is 0 Å². The SMILES string of the molecule is CC(C)Oc1ccc(-c2nc3cc(C(C)(C)C)ccc3o2)cc1. The first kappa shape index (κ1) is 15.6. The summed E-state index contributed by atoms with van der Waals surface area (Å²) in [6.07, 6.45) is 0.168. The lowest BCUT2D eigenvalue weighted by Crippen LogP contribution is -2.10. The zero-order chi connectivity index (χ0) is 16.6. The molecule has 23 heavy (non-hydrogen) atoms. The van der Waals surface area contributed by atoms with Crippen molar-refractivity contribution in [2.45, 2.75) is 46.1 Å². The van der Waals surface area contributed by atoms with Crippen LogP contribution in [0.3, 0.4) is 0 Å². The fourth-order valence-electron chi connectivity index (χ4n) is 2.47. The molecule has 0 saturated carbocycles. The zero-order valence-electron chi connectivity index (χ0n) is 14.4. The van der Waals surface area contributed by atoms with Crippen LogP contribution in [0.1, 0.15) is 40.2 Å². The van der Waals surface area contributed by atoms with Crippen molar-refractivity contribution in [2.75, 3.05) is 0 Å². The van der Waals surface area contributed by atoms with E-state index in [1.165, 1.54) is 5.56 Å². The molecule has 0 unspecified atom stereocenters. The third kappa shape index (κ3) is 3.39. The first-order valence-corrected chi connectivity index (χ1v) is 8.01. The van der Waals surface area contributed by atoms with Gasteiger partial charge >= 0.3 is 0 Å². The Morgan fingerprint density at radius 1 is 1.00 bits per heavy atom. The van der Waals surface area contributed by atoms with Gasteiger partial charge in [0.2, 0.25) is 5.89 Å². The van der Waals surface area contributed by atoms with Crippen LogP contribution in [-0.2, 0) is 5.41 Å². The Morgan fingerprint density at radius 2 is 1.70 bits per heavy atom. The van der Waals surface area contributed by atoms with Gasteiger partial charge in [-0.2, -0.15) is 0 Å². The maximum Gasteiger partial charge on any atom is 0.227 e. The van der Waals surface area contributed by atoms with Crippen molar-refractivity contribution < 1.29 is 9.15 Å². The van der Waals surface area contributed by atoms with Crippen LogP contribution in [0.15, 0.2) is 46.9 Å². The summed E-state index contributed by atoms with van der Waals surface area (Å²) in [5.74, 6) is 1.50. The van der Waals surface area contributed by atoms with Gasteiger partial charge in [0, 0.05) is 5.56 Å². The van der Waals surface area contributed by atoms with Crippen LogP contribution in [-0.4, -0.2) is 11.1 Å². The van der Waals surface area contributed by atoms with Crippen molar-refractivity contribution in [3.63, 3.8) is 0 Å². The predicted octanol–water partition coefficient (Wildman–Crippen LogP) is 5.58. The minimum absolute atomic E-state index is 0.100. The molecule has 0 bridgehead atoms. The van der Waals surface area contributed by atoms with Gasteiger partial charge in [0.25, 0.3) is 0 Å². The molecule has 120 valence electrons. The van der Waals surface area contributed by atoms with Gasteiger partial charge in [0.1, 0.15) is 11.3 Å². The third-order valence-electron chi connectivity index (χ3n) is 3.73. The Hall–Kier alpha value is -2.29. The second-order valence-electron chi connectivity index (χ2n) is 7.14. The molecule has 0 N–H and O–H groups in total. The van der Waals surface area contributed by atoms with Crippen LogP contribution >= 0.6 is 0 Å². The monoisotopic (exact) mass is 309 g/mol. The van der Waals surface area contributed by atoms with Crippen molar-refractivity contribution in [2.24, 2.45) is 0 Å². The minimum atomic E-state index is 0.100. The summed E-state index contributed by atoms with van der Waals surface area (Å²) < 4.78 is 11.6. The summed E-state index contributed by atoms with van der Waals surface area (Å²) in [7, 11) is 0. The molecule has 0 aliphatic heterocycles. The number of rotatable bonds is 3. The number of ether oxygens (including phenoxy) is 1. The average Bonchev–Trinajstić information content (AvgIpc) is 2.89. The van der Waals surface area contributed by atoms with Crippen molar-refractivity contribution >= 4 is 11.1 Å². The second-order valence-corrected chi connectivity index (χ2v) is 7.14. The van der Waals surface area contributed by atoms with Gasteiger partial charge in [-0.05, 0) is 61.2 Å².